The molecule has 7 nitrogen and oxygen atoms in total. The van der Waals surface area contributed by atoms with E-state index in [9.17, 15) is 4.79 Å². The molecule has 1 aromatic carbocycles. The van der Waals surface area contributed by atoms with Gasteiger partial charge in [0.25, 0.3) is 0 Å². The van der Waals surface area contributed by atoms with Crippen LogP contribution in [0.4, 0.5) is 5.69 Å². The topological polar surface area (TPSA) is 88.7 Å². The first-order chi connectivity index (χ1) is 12.3. The smallest absolute Gasteiger partial charge is 0.244 e. The van der Waals surface area contributed by atoms with Crippen molar-refractivity contribution in [2.24, 2.45) is 0 Å². The summed E-state index contributed by atoms with van der Waals surface area (Å²) in [6.45, 7) is 8.31. The van der Waals surface area contributed by atoms with E-state index in [1.165, 1.54) is 0 Å². The Labute approximate surface area is 156 Å². The number of aromatic nitrogens is 4. The molecule has 0 unspecified atom stereocenters. The molecular formula is C18H23N5O2S. The standard InChI is InChI=1S/C18H23N5O2S/c1-5-6-14-21-22-17(26)23(14)10-15(24)19-11-7-8-13-12(9-11)20-16(25-13)18(2,3)4/h7-9H,5-6,10H2,1-4H3,(H,19,24)(H,22,26). The van der Waals surface area contributed by atoms with E-state index in [0.717, 1.165) is 24.2 Å². The highest BCUT2D eigenvalue weighted by Gasteiger charge is 2.21. The predicted molar refractivity (Wildman–Crippen MR) is 103 cm³/mol. The molecule has 0 aliphatic rings. The molecule has 8 heteroatoms. The Morgan fingerprint density at radius 3 is 2.85 bits per heavy atom. The Morgan fingerprint density at radius 1 is 1.38 bits per heavy atom. The van der Waals surface area contributed by atoms with E-state index in [0.29, 0.717) is 21.9 Å². The van der Waals surface area contributed by atoms with Crippen LogP contribution in [-0.4, -0.2) is 25.7 Å². The number of aromatic amines is 1. The van der Waals surface area contributed by atoms with Gasteiger partial charge in [-0.15, -0.1) is 0 Å². The fraction of sp³-hybridized carbons (Fsp3) is 0.444. The van der Waals surface area contributed by atoms with Crippen LogP contribution < -0.4 is 5.32 Å². The molecule has 0 saturated carbocycles. The molecule has 26 heavy (non-hydrogen) atoms. The lowest BCUT2D eigenvalue weighted by molar-refractivity contribution is -0.116. The van der Waals surface area contributed by atoms with Crippen LogP contribution in [0.3, 0.4) is 0 Å². The number of oxazole rings is 1. The van der Waals surface area contributed by atoms with Gasteiger partial charge in [0.2, 0.25) is 11.8 Å². The van der Waals surface area contributed by atoms with Crippen molar-refractivity contribution >= 4 is 34.9 Å². The molecule has 0 spiro atoms. The molecule has 0 bridgehead atoms. The molecule has 0 atom stereocenters. The van der Waals surface area contributed by atoms with Crippen LogP contribution in [0.25, 0.3) is 11.1 Å². The van der Waals surface area contributed by atoms with E-state index >= 15 is 0 Å². The van der Waals surface area contributed by atoms with Crippen molar-refractivity contribution in [2.45, 2.75) is 52.5 Å². The van der Waals surface area contributed by atoms with Gasteiger partial charge < -0.3 is 9.73 Å². The summed E-state index contributed by atoms with van der Waals surface area (Å²) in [6, 6.07) is 5.44. The second-order valence-corrected chi connectivity index (χ2v) is 7.67. The summed E-state index contributed by atoms with van der Waals surface area (Å²) in [6.07, 6.45) is 1.70. The Hall–Kier alpha value is -2.48. The van der Waals surface area contributed by atoms with Crippen LogP contribution in [0.15, 0.2) is 22.6 Å². The number of hydrogen-bond donors (Lipinski definition) is 2. The third-order valence-corrected chi connectivity index (χ3v) is 4.24. The van der Waals surface area contributed by atoms with Gasteiger partial charge in [-0.1, -0.05) is 27.7 Å². The number of nitrogens with one attached hydrogen (secondary N) is 2. The van der Waals surface area contributed by atoms with Crippen molar-refractivity contribution in [3.05, 3.63) is 34.7 Å². The molecule has 3 aromatic rings. The highest BCUT2D eigenvalue weighted by Crippen LogP contribution is 2.27. The number of carbonyl (C=O) groups excluding carboxylic acids is 1. The quantitative estimate of drug-likeness (QED) is 0.661. The zero-order valence-electron chi connectivity index (χ0n) is 15.4. The Kier molecular flexibility index (Phi) is 4.95. The van der Waals surface area contributed by atoms with Crippen LogP contribution in [0, 0.1) is 4.77 Å². The average Bonchev–Trinajstić information content (AvgIpc) is 3.13. The molecule has 2 N–H and O–H groups in total. The summed E-state index contributed by atoms with van der Waals surface area (Å²) >= 11 is 5.21. The molecule has 0 fully saturated rings. The van der Waals surface area contributed by atoms with Gasteiger partial charge in [-0.2, -0.15) is 5.10 Å². The normalized spacial score (nSPS) is 11.8. The highest BCUT2D eigenvalue weighted by atomic mass is 32.1. The number of anilines is 1. The maximum Gasteiger partial charge on any atom is 0.244 e. The fourth-order valence-electron chi connectivity index (χ4n) is 2.60. The van der Waals surface area contributed by atoms with Crippen LogP contribution in [0.5, 0.6) is 0 Å². The minimum atomic E-state index is -0.171. The largest absolute Gasteiger partial charge is 0.440 e. The summed E-state index contributed by atoms with van der Waals surface area (Å²) in [4.78, 5) is 17.0. The molecule has 0 aliphatic carbocycles. The highest BCUT2D eigenvalue weighted by molar-refractivity contribution is 7.71. The third-order valence-electron chi connectivity index (χ3n) is 3.93. The average molecular weight is 373 g/mol. The van der Waals surface area contributed by atoms with E-state index in [1.807, 2.05) is 32.9 Å². The van der Waals surface area contributed by atoms with E-state index < -0.39 is 0 Å². The van der Waals surface area contributed by atoms with Crippen molar-refractivity contribution in [2.75, 3.05) is 5.32 Å². The second-order valence-electron chi connectivity index (χ2n) is 7.28. The van der Waals surface area contributed by atoms with Crippen molar-refractivity contribution in [1.29, 1.82) is 0 Å². The summed E-state index contributed by atoms with van der Waals surface area (Å²) in [7, 11) is 0. The van der Waals surface area contributed by atoms with Crippen LogP contribution in [0.2, 0.25) is 0 Å². The van der Waals surface area contributed by atoms with E-state index in [4.69, 9.17) is 16.6 Å². The Balaban J connectivity index is 1.77. The molecule has 0 saturated heterocycles. The molecule has 138 valence electrons. The Morgan fingerprint density at radius 2 is 2.15 bits per heavy atom. The van der Waals surface area contributed by atoms with Gasteiger partial charge in [0, 0.05) is 17.5 Å². The fourth-order valence-corrected chi connectivity index (χ4v) is 2.81. The van der Waals surface area contributed by atoms with Crippen molar-refractivity contribution in [3.8, 4) is 0 Å². The molecule has 2 heterocycles. The van der Waals surface area contributed by atoms with E-state index in [2.05, 4.69) is 27.4 Å². The number of carbonyl (C=O) groups is 1. The van der Waals surface area contributed by atoms with Crippen molar-refractivity contribution in [3.63, 3.8) is 0 Å². The molecule has 0 radical (unpaired) electrons. The van der Waals surface area contributed by atoms with Crippen molar-refractivity contribution < 1.29 is 9.21 Å². The lowest BCUT2D eigenvalue weighted by Crippen LogP contribution is -2.20. The number of amides is 1. The number of nitrogens with zero attached hydrogens (tertiary/aromatic N) is 3. The van der Waals surface area contributed by atoms with Gasteiger partial charge in [0.05, 0.1) is 0 Å². The summed E-state index contributed by atoms with van der Waals surface area (Å²) in [5.74, 6) is 1.29. The van der Waals surface area contributed by atoms with Crippen molar-refractivity contribution in [1.82, 2.24) is 19.7 Å². The van der Waals surface area contributed by atoms with Crippen LogP contribution in [0.1, 0.15) is 45.8 Å². The van der Waals surface area contributed by atoms with Gasteiger partial charge in [-0.25, -0.2) is 4.98 Å². The number of rotatable bonds is 5. The number of H-pyrrole nitrogens is 1. The maximum atomic E-state index is 12.4. The minimum absolute atomic E-state index is 0.120. The maximum absolute atomic E-state index is 12.4. The monoisotopic (exact) mass is 373 g/mol. The van der Waals surface area contributed by atoms with Gasteiger partial charge in [0.15, 0.2) is 10.4 Å². The molecule has 0 aliphatic heterocycles. The third kappa shape index (κ3) is 3.85. The molecular weight excluding hydrogens is 350 g/mol. The van der Waals surface area contributed by atoms with Gasteiger partial charge >= 0.3 is 0 Å². The van der Waals surface area contributed by atoms with Gasteiger partial charge in [0.1, 0.15) is 17.9 Å². The number of hydrogen-bond acceptors (Lipinski definition) is 5. The minimum Gasteiger partial charge on any atom is -0.440 e. The van der Waals surface area contributed by atoms with Crippen LogP contribution in [-0.2, 0) is 23.2 Å². The number of benzene rings is 1. The summed E-state index contributed by atoms with van der Waals surface area (Å²) < 4.78 is 7.95. The summed E-state index contributed by atoms with van der Waals surface area (Å²) in [5.41, 5.74) is 1.92. The van der Waals surface area contributed by atoms with Gasteiger partial charge in [-0.3, -0.25) is 14.5 Å². The molecule has 2 aromatic heterocycles. The molecule has 1 amide bonds. The Bertz CT molecular complexity index is 993. The lowest BCUT2D eigenvalue weighted by atomic mass is 9.97. The predicted octanol–water partition coefficient (Wildman–Crippen LogP) is 3.97. The van der Waals surface area contributed by atoms with Gasteiger partial charge in [-0.05, 0) is 36.8 Å². The first-order valence-corrected chi connectivity index (χ1v) is 9.03. The summed E-state index contributed by atoms with van der Waals surface area (Å²) in [5, 5.41) is 9.81. The first-order valence-electron chi connectivity index (χ1n) is 8.63. The second kappa shape index (κ2) is 7.03. The van der Waals surface area contributed by atoms with Crippen LogP contribution >= 0.6 is 12.2 Å². The number of fused-ring (bicyclic) bond motifs is 1. The number of aryl methyl sites for hydroxylation is 1. The van der Waals surface area contributed by atoms with E-state index in [1.54, 1.807) is 10.6 Å². The zero-order chi connectivity index (χ0) is 18.9. The first kappa shape index (κ1) is 18.3. The molecule has 3 rings (SSSR count). The van der Waals surface area contributed by atoms with E-state index in [-0.39, 0.29) is 17.9 Å². The zero-order valence-corrected chi connectivity index (χ0v) is 16.2. The lowest BCUT2D eigenvalue weighted by Gasteiger charge is -2.11. The SMILES string of the molecule is CCCc1n[nH]c(=S)n1CC(=O)Nc1ccc2oc(C(C)(C)C)nc2c1.